The standard InChI is InChI=1S/C12H14BrN3O/c1-8(12-14-5-6-15-12)16-7-9-3-2-4-10(13)11(9)17/h2-6,8,16-17H,7H2,1H3,(H,14,15). The normalized spacial score (nSPS) is 12.6. The first kappa shape index (κ1) is 12.1. The molecule has 1 atom stereocenters. The summed E-state index contributed by atoms with van der Waals surface area (Å²) in [4.78, 5) is 7.23. The molecule has 0 saturated heterocycles. The van der Waals surface area contributed by atoms with E-state index in [-0.39, 0.29) is 11.8 Å². The minimum absolute atomic E-state index is 0.114. The summed E-state index contributed by atoms with van der Waals surface area (Å²) >= 11 is 3.30. The number of hydrogen-bond acceptors (Lipinski definition) is 3. The first-order valence-corrected chi connectivity index (χ1v) is 6.17. The number of nitrogens with one attached hydrogen (secondary N) is 2. The highest BCUT2D eigenvalue weighted by Gasteiger charge is 2.09. The molecule has 0 fully saturated rings. The van der Waals surface area contributed by atoms with Crippen LogP contribution in [0.4, 0.5) is 0 Å². The van der Waals surface area contributed by atoms with Crippen LogP contribution >= 0.6 is 15.9 Å². The zero-order valence-electron chi connectivity index (χ0n) is 9.44. The van der Waals surface area contributed by atoms with Crippen molar-refractivity contribution in [2.75, 3.05) is 0 Å². The molecule has 0 amide bonds. The van der Waals surface area contributed by atoms with Crippen molar-refractivity contribution in [3.8, 4) is 5.75 Å². The number of rotatable bonds is 4. The van der Waals surface area contributed by atoms with Crippen molar-refractivity contribution in [2.45, 2.75) is 19.5 Å². The predicted molar refractivity (Wildman–Crippen MR) is 69.6 cm³/mol. The fraction of sp³-hybridized carbons (Fsp3) is 0.250. The molecule has 0 aliphatic heterocycles. The first-order chi connectivity index (χ1) is 8.18. The van der Waals surface area contributed by atoms with Gasteiger partial charge < -0.3 is 15.4 Å². The molecule has 5 heteroatoms. The van der Waals surface area contributed by atoms with Crippen LogP contribution in [0.2, 0.25) is 0 Å². The summed E-state index contributed by atoms with van der Waals surface area (Å²) < 4.78 is 0.711. The molecule has 1 aromatic heterocycles. The Bertz CT molecular complexity index is 485. The number of benzene rings is 1. The molecule has 1 unspecified atom stereocenters. The van der Waals surface area contributed by atoms with Gasteiger partial charge in [-0.1, -0.05) is 12.1 Å². The number of aromatic hydroxyl groups is 1. The van der Waals surface area contributed by atoms with Gasteiger partial charge in [0.05, 0.1) is 10.5 Å². The second kappa shape index (κ2) is 5.33. The van der Waals surface area contributed by atoms with Crippen molar-refractivity contribution < 1.29 is 5.11 Å². The highest BCUT2D eigenvalue weighted by molar-refractivity contribution is 9.10. The molecule has 2 rings (SSSR count). The largest absolute Gasteiger partial charge is 0.506 e. The van der Waals surface area contributed by atoms with Gasteiger partial charge in [0, 0.05) is 24.5 Å². The zero-order valence-corrected chi connectivity index (χ0v) is 11.0. The fourth-order valence-electron chi connectivity index (χ4n) is 1.58. The lowest BCUT2D eigenvalue weighted by Gasteiger charge is -2.12. The summed E-state index contributed by atoms with van der Waals surface area (Å²) in [5.74, 6) is 1.17. The Hall–Kier alpha value is -1.33. The summed E-state index contributed by atoms with van der Waals surface area (Å²) in [6, 6.07) is 5.72. The molecule has 1 heterocycles. The summed E-state index contributed by atoms with van der Waals surface area (Å²) in [6.45, 7) is 2.61. The van der Waals surface area contributed by atoms with Gasteiger partial charge in [0.2, 0.25) is 0 Å². The van der Waals surface area contributed by atoms with Crippen molar-refractivity contribution in [2.24, 2.45) is 0 Å². The van der Waals surface area contributed by atoms with E-state index in [0.29, 0.717) is 11.0 Å². The van der Waals surface area contributed by atoms with Gasteiger partial charge in [-0.2, -0.15) is 0 Å². The number of phenolic OH excluding ortho intramolecular Hbond substituents is 1. The molecule has 2 aromatic rings. The lowest BCUT2D eigenvalue weighted by atomic mass is 10.2. The van der Waals surface area contributed by atoms with Gasteiger partial charge in [-0.05, 0) is 28.9 Å². The maximum absolute atomic E-state index is 9.83. The highest BCUT2D eigenvalue weighted by Crippen LogP contribution is 2.27. The van der Waals surface area contributed by atoms with Crippen LogP contribution in [0.5, 0.6) is 5.75 Å². The van der Waals surface area contributed by atoms with E-state index in [1.807, 2.05) is 25.1 Å². The third-order valence-electron chi connectivity index (χ3n) is 2.60. The van der Waals surface area contributed by atoms with E-state index in [0.717, 1.165) is 11.4 Å². The third kappa shape index (κ3) is 2.87. The van der Waals surface area contributed by atoms with Gasteiger partial charge in [-0.25, -0.2) is 4.98 Å². The van der Waals surface area contributed by atoms with Gasteiger partial charge in [0.15, 0.2) is 0 Å². The quantitative estimate of drug-likeness (QED) is 0.813. The van der Waals surface area contributed by atoms with Gasteiger partial charge in [-0.15, -0.1) is 0 Å². The number of nitrogens with zero attached hydrogens (tertiary/aromatic N) is 1. The van der Waals surface area contributed by atoms with Gasteiger partial charge in [0.25, 0.3) is 0 Å². The number of imidazole rings is 1. The molecular weight excluding hydrogens is 282 g/mol. The van der Waals surface area contributed by atoms with Gasteiger partial charge in [-0.3, -0.25) is 0 Å². The van der Waals surface area contributed by atoms with Crippen LogP contribution in [0, 0.1) is 0 Å². The average molecular weight is 296 g/mol. The Balaban J connectivity index is 2.00. The van der Waals surface area contributed by atoms with E-state index in [1.54, 1.807) is 12.4 Å². The number of hydrogen-bond donors (Lipinski definition) is 3. The molecule has 0 saturated carbocycles. The SMILES string of the molecule is CC(NCc1cccc(Br)c1O)c1ncc[nH]1. The Labute approximate surface area is 108 Å². The smallest absolute Gasteiger partial charge is 0.134 e. The lowest BCUT2D eigenvalue weighted by molar-refractivity contribution is 0.455. The summed E-state index contributed by atoms with van der Waals surface area (Å²) in [5.41, 5.74) is 0.859. The maximum Gasteiger partial charge on any atom is 0.134 e. The van der Waals surface area contributed by atoms with Crippen LogP contribution in [0.25, 0.3) is 0 Å². The average Bonchev–Trinajstić information content (AvgIpc) is 2.84. The maximum atomic E-state index is 9.83. The molecule has 0 bridgehead atoms. The van der Waals surface area contributed by atoms with E-state index in [2.05, 4.69) is 31.2 Å². The molecule has 0 aliphatic rings. The van der Waals surface area contributed by atoms with Crippen LogP contribution in [0.15, 0.2) is 35.1 Å². The summed E-state index contributed by atoms with van der Waals surface area (Å²) in [6.07, 6.45) is 3.52. The Kier molecular flexibility index (Phi) is 3.81. The molecule has 3 N–H and O–H groups in total. The lowest BCUT2D eigenvalue weighted by Crippen LogP contribution is -2.19. The van der Waals surface area contributed by atoms with E-state index in [9.17, 15) is 5.11 Å². The fourth-order valence-corrected chi connectivity index (χ4v) is 1.98. The number of phenols is 1. The number of aromatic nitrogens is 2. The van der Waals surface area contributed by atoms with Crippen molar-refractivity contribution >= 4 is 15.9 Å². The highest BCUT2D eigenvalue weighted by atomic mass is 79.9. The molecule has 0 spiro atoms. The van der Waals surface area contributed by atoms with E-state index >= 15 is 0 Å². The first-order valence-electron chi connectivity index (χ1n) is 5.37. The second-order valence-electron chi connectivity index (χ2n) is 3.82. The van der Waals surface area contributed by atoms with E-state index < -0.39 is 0 Å². The number of halogens is 1. The molecule has 0 radical (unpaired) electrons. The van der Waals surface area contributed by atoms with Crippen molar-refractivity contribution in [3.63, 3.8) is 0 Å². The van der Waals surface area contributed by atoms with Crippen LogP contribution < -0.4 is 5.32 Å². The van der Waals surface area contributed by atoms with E-state index in [4.69, 9.17) is 0 Å². The second-order valence-corrected chi connectivity index (χ2v) is 4.68. The Morgan fingerprint density at radius 2 is 2.35 bits per heavy atom. The van der Waals surface area contributed by atoms with Crippen molar-refractivity contribution in [3.05, 3.63) is 46.5 Å². The predicted octanol–water partition coefficient (Wildman–Crippen LogP) is 2.73. The number of para-hydroxylation sites is 1. The summed E-state index contributed by atoms with van der Waals surface area (Å²) in [7, 11) is 0. The minimum atomic E-state index is 0.114. The molecule has 17 heavy (non-hydrogen) atoms. The van der Waals surface area contributed by atoms with Gasteiger partial charge in [0.1, 0.15) is 11.6 Å². The van der Waals surface area contributed by atoms with Crippen LogP contribution in [-0.4, -0.2) is 15.1 Å². The van der Waals surface area contributed by atoms with Crippen molar-refractivity contribution in [1.82, 2.24) is 15.3 Å². The van der Waals surface area contributed by atoms with E-state index in [1.165, 1.54) is 0 Å². The third-order valence-corrected chi connectivity index (χ3v) is 3.24. The zero-order chi connectivity index (χ0) is 12.3. The molecular formula is C12H14BrN3O. The van der Waals surface area contributed by atoms with Crippen molar-refractivity contribution in [1.29, 1.82) is 0 Å². The van der Waals surface area contributed by atoms with Crippen LogP contribution in [0.1, 0.15) is 24.4 Å². The molecule has 90 valence electrons. The van der Waals surface area contributed by atoms with Gasteiger partial charge >= 0.3 is 0 Å². The topological polar surface area (TPSA) is 60.9 Å². The number of H-pyrrole nitrogens is 1. The Morgan fingerprint density at radius 1 is 1.53 bits per heavy atom. The minimum Gasteiger partial charge on any atom is -0.506 e. The van der Waals surface area contributed by atoms with Crippen LogP contribution in [0.3, 0.4) is 0 Å². The molecule has 0 aliphatic carbocycles. The Morgan fingerprint density at radius 3 is 3.06 bits per heavy atom. The van der Waals surface area contributed by atoms with Crippen LogP contribution in [-0.2, 0) is 6.54 Å². The monoisotopic (exact) mass is 295 g/mol. The number of aromatic amines is 1. The summed E-state index contributed by atoms with van der Waals surface area (Å²) in [5, 5.41) is 13.1. The molecule has 1 aromatic carbocycles. The molecule has 4 nitrogen and oxygen atoms in total.